The fourth-order valence-electron chi connectivity index (χ4n) is 5.03. The van der Waals surface area contributed by atoms with E-state index in [1.54, 1.807) is 25.2 Å². The first kappa shape index (κ1) is 25.4. The van der Waals surface area contributed by atoms with E-state index in [9.17, 15) is 14.0 Å². The Morgan fingerprint density at radius 1 is 1.08 bits per heavy atom. The summed E-state index contributed by atoms with van der Waals surface area (Å²) in [5.41, 5.74) is 8.78. The zero-order valence-corrected chi connectivity index (χ0v) is 20.7. The number of nitrogens with zero attached hydrogens (tertiary/aromatic N) is 2. The van der Waals surface area contributed by atoms with Crippen molar-refractivity contribution in [2.24, 2.45) is 5.73 Å². The van der Waals surface area contributed by atoms with Gasteiger partial charge in [-0.2, -0.15) is 0 Å². The number of benzene rings is 2. The molecule has 0 radical (unpaired) electrons. The number of aldehydes is 1. The molecule has 0 aliphatic carbocycles. The van der Waals surface area contributed by atoms with Gasteiger partial charge in [-0.25, -0.2) is 4.39 Å². The molecule has 4 rings (SSSR count). The number of hydrogen-bond donors (Lipinski definition) is 3. The van der Waals surface area contributed by atoms with Gasteiger partial charge < -0.3 is 26.2 Å². The molecule has 4 N–H and O–H groups in total. The van der Waals surface area contributed by atoms with Crippen LogP contribution < -0.4 is 21.3 Å². The van der Waals surface area contributed by atoms with Crippen LogP contribution >= 0.6 is 0 Å². The zero-order chi connectivity index (χ0) is 25.5. The van der Waals surface area contributed by atoms with E-state index in [1.807, 2.05) is 12.1 Å². The van der Waals surface area contributed by atoms with E-state index >= 15 is 0 Å². The molecule has 36 heavy (non-hydrogen) atoms. The van der Waals surface area contributed by atoms with Crippen molar-refractivity contribution < 1.29 is 14.0 Å². The molecule has 1 atom stereocenters. The first-order valence-corrected chi connectivity index (χ1v) is 12.5. The van der Waals surface area contributed by atoms with E-state index in [4.69, 9.17) is 5.73 Å². The van der Waals surface area contributed by atoms with Crippen LogP contribution in [0.1, 0.15) is 41.6 Å². The maximum absolute atomic E-state index is 14.0. The Kier molecular flexibility index (Phi) is 8.38. The third-order valence-corrected chi connectivity index (χ3v) is 6.90. The summed E-state index contributed by atoms with van der Waals surface area (Å²) in [4.78, 5) is 29.5. The molecule has 2 saturated heterocycles. The van der Waals surface area contributed by atoms with Crippen molar-refractivity contribution >= 4 is 29.1 Å². The highest BCUT2D eigenvalue weighted by Crippen LogP contribution is 2.27. The molecule has 2 aromatic carbocycles. The highest BCUT2D eigenvalue weighted by atomic mass is 19.1. The highest BCUT2D eigenvalue weighted by molar-refractivity contribution is 5.99. The van der Waals surface area contributed by atoms with E-state index in [2.05, 4.69) is 20.4 Å². The first-order valence-electron chi connectivity index (χ1n) is 12.5. The second kappa shape index (κ2) is 11.9. The molecule has 1 amide bonds. The van der Waals surface area contributed by atoms with Gasteiger partial charge in [-0.3, -0.25) is 9.59 Å². The number of hydrogen-bond acceptors (Lipinski definition) is 6. The number of allylic oxidation sites excluding steroid dienone is 3. The lowest BCUT2D eigenvalue weighted by molar-refractivity contribution is -0.105. The number of carbonyl (C=O) groups excluding carboxylic acids is 2. The van der Waals surface area contributed by atoms with Crippen molar-refractivity contribution in [1.82, 2.24) is 10.2 Å². The Hall–Kier alpha value is -3.65. The molecule has 0 unspecified atom stereocenters. The maximum atomic E-state index is 14.0. The Morgan fingerprint density at radius 2 is 1.83 bits per heavy atom. The van der Waals surface area contributed by atoms with Gasteiger partial charge in [0.15, 0.2) is 6.29 Å². The van der Waals surface area contributed by atoms with Crippen LogP contribution in [0.5, 0.6) is 0 Å². The second-order valence-electron chi connectivity index (χ2n) is 9.32. The van der Waals surface area contributed by atoms with Crippen LogP contribution in [0.15, 0.2) is 60.4 Å². The zero-order valence-electron chi connectivity index (χ0n) is 20.7. The molecule has 7 nitrogen and oxygen atoms in total. The third kappa shape index (κ3) is 6.12. The number of carbonyl (C=O) groups is 2. The highest BCUT2D eigenvalue weighted by Gasteiger charge is 2.27. The number of anilines is 2. The first-order chi connectivity index (χ1) is 17.5. The van der Waals surface area contributed by atoms with Crippen LogP contribution in [-0.4, -0.2) is 56.4 Å². The molecule has 2 aliphatic rings. The van der Waals surface area contributed by atoms with E-state index in [1.165, 1.54) is 63.2 Å². The van der Waals surface area contributed by atoms with E-state index in [0.717, 1.165) is 18.8 Å². The van der Waals surface area contributed by atoms with Crippen LogP contribution in [0.3, 0.4) is 0 Å². The summed E-state index contributed by atoms with van der Waals surface area (Å²) in [5.74, 6) is -0.844. The summed E-state index contributed by atoms with van der Waals surface area (Å²) in [7, 11) is 1.68. The molecule has 2 fully saturated rings. The molecular weight excluding hydrogens is 457 g/mol. The minimum atomic E-state index is -0.443. The molecule has 0 aromatic heterocycles. The van der Waals surface area contributed by atoms with E-state index in [-0.39, 0.29) is 5.70 Å². The van der Waals surface area contributed by atoms with Crippen molar-refractivity contribution in [3.05, 3.63) is 77.4 Å². The average molecular weight is 492 g/mol. The smallest absolute Gasteiger partial charge is 0.255 e. The summed E-state index contributed by atoms with van der Waals surface area (Å²) < 4.78 is 14.0. The lowest BCUT2D eigenvalue weighted by Crippen LogP contribution is -2.39. The fourth-order valence-corrected chi connectivity index (χ4v) is 5.03. The molecule has 0 bridgehead atoms. The van der Waals surface area contributed by atoms with E-state index in [0.29, 0.717) is 34.7 Å². The van der Waals surface area contributed by atoms with Gasteiger partial charge in [0, 0.05) is 49.3 Å². The van der Waals surface area contributed by atoms with Crippen molar-refractivity contribution in [3.63, 3.8) is 0 Å². The van der Waals surface area contributed by atoms with Gasteiger partial charge in [0.2, 0.25) is 0 Å². The van der Waals surface area contributed by atoms with Crippen molar-refractivity contribution in [2.75, 3.05) is 43.4 Å². The van der Waals surface area contributed by atoms with Crippen LogP contribution in [0, 0.1) is 5.82 Å². The fraction of sp³-hybridized carbons (Fsp3) is 0.357. The minimum Gasteiger partial charge on any atom is -0.404 e. The van der Waals surface area contributed by atoms with Gasteiger partial charge >= 0.3 is 0 Å². The normalized spacial score (nSPS) is 18.9. The van der Waals surface area contributed by atoms with Crippen molar-refractivity contribution in [1.29, 1.82) is 0 Å². The molecule has 2 aliphatic heterocycles. The largest absolute Gasteiger partial charge is 0.404 e. The summed E-state index contributed by atoms with van der Waals surface area (Å²) in [5, 5.41) is 5.51. The topological polar surface area (TPSA) is 90.7 Å². The van der Waals surface area contributed by atoms with E-state index < -0.39 is 11.7 Å². The quantitative estimate of drug-likeness (QED) is 0.281. The average Bonchev–Trinajstić information content (AvgIpc) is 3.58. The van der Waals surface area contributed by atoms with Gasteiger partial charge in [0.25, 0.3) is 5.91 Å². The molecular formula is C28H34FN5O2. The van der Waals surface area contributed by atoms with Gasteiger partial charge in [-0.15, -0.1) is 0 Å². The van der Waals surface area contributed by atoms with Gasteiger partial charge in [-0.1, -0.05) is 0 Å². The maximum Gasteiger partial charge on any atom is 0.255 e. The van der Waals surface area contributed by atoms with Crippen LogP contribution in [0.25, 0.3) is 5.57 Å². The summed E-state index contributed by atoms with van der Waals surface area (Å²) in [6, 6.07) is 12.4. The number of likely N-dealkylation sites (tertiary alicyclic amines) is 1. The monoisotopic (exact) mass is 491 g/mol. The third-order valence-electron chi connectivity index (χ3n) is 6.90. The van der Waals surface area contributed by atoms with Gasteiger partial charge in [0.1, 0.15) is 5.82 Å². The van der Waals surface area contributed by atoms with Crippen LogP contribution in [-0.2, 0) is 4.79 Å². The number of rotatable bonds is 9. The summed E-state index contributed by atoms with van der Waals surface area (Å²) in [6.07, 6.45) is 8.18. The molecule has 0 spiro atoms. The molecule has 2 aromatic rings. The predicted octanol–water partition coefficient (Wildman–Crippen LogP) is 3.74. The SMILES string of the molecule is CNc1cc(F)cc(C(/C=C(\C=O)NC(=O)c2ccc(N3CCC[C@H]3CN3CCCC3)cc2)=C/N)c1. The Balaban J connectivity index is 1.44. The van der Waals surface area contributed by atoms with Crippen LogP contribution in [0.4, 0.5) is 15.8 Å². The number of nitrogens with two attached hydrogens (primary N) is 1. The second-order valence-corrected chi connectivity index (χ2v) is 9.32. The molecule has 190 valence electrons. The molecule has 2 heterocycles. The predicted molar refractivity (Wildman–Crippen MR) is 142 cm³/mol. The van der Waals surface area contributed by atoms with Crippen LogP contribution in [0.2, 0.25) is 0 Å². The lowest BCUT2D eigenvalue weighted by Gasteiger charge is -2.30. The number of halogens is 1. The van der Waals surface area contributed by atoms with Crippen molar-refractivity contribution in [3.8, 4) is 0 Å². The lowest BCUT2D eigenvalue weighted by atomic mass is 10.0. The standard InChI is InChI=1S/C28H34FN5O2/c1-31-24-14-21(13-23(29)16-24)22(17-30)15-25(19-35)32-28(36)20-6-8-26(9-7-20)34-12-4-5-27(34)18-33-10-2-3-11-33/h6-9,13-17,19,27,31H,2-5,10-12,18,30H2,1H3,(H,32,36)/b22-17+,25-15+/t27-/m0/s1. The van der Waals surface area contributed by atoms with Crippen molar-refractivity contribution in [2.45, 2.75) is 31.7 Å². The molecule has 0 saturated carbocycles. The van der Waals surface area contributed by atoms with Gasteiger partial charge in [0.05, 0.1) is 5.70 Å². The minimum absolute atomic E-state index is 0.0289. The number of amides is 1. The Labute approximate surface area is 211 Å². The number of nitrogens with one attached hydrogen (secondary N) is 2. The van der Waals surface area contributed by atoms with Gasteiger partial charge in [-0.05, 0) is 98.4 Å². The Bertz CT molecular complexity index is 1140. The summed E-state index contributed by atoms with van der Waals surface area (Å²) in [6.45, 7) is 4.49. The Morgan fingerprint density at radius 3 is 2.50 bits per heavy atom. The molecule has 8 heteroatoms. The summed E-state index contributed by atoms with van der Waals surface area (Å²) >= 11 is 0.